The highest BCUT2D eigenvalue weighted by atomic mass is 35.5. The van der Waals surface area contributed by atoms with E-state index in [1.54, 1.807) is 0 Å². The monoisotopic (exact) mass is 239 g/mol. The average Bonchev–Trinajstić information content (AvgIpc) is 2.06. The largest absolute Gasteiger partial charge is 0.478 e. The molecular weight excluding hydrogens is 235 g/mol. The third kappa shape index (κ3) is 2.15. The minimum Gasteiger partial charge on any atom is -0.478 e. The van der Waals surface area contributed by atoms with Gasteiger partial charge in [-0.1, -0.05) is 11.6 Å². The Hall–Kier alpha value is -1.43. The number of benzene rings is 1. The van der Waals surface area contributed by atoms with Crippen LogP contribution in [0.4, 0.5) is 18.9 Å². The van der Waals surface area contributed by atoms with Crippen molar-refractivity contribution in [2.24, 2.45) is 0 Å². The highest BCUT2D eigenvalue weighted by Gasteiger charge is 2.36. The first kappa shape index (κ1) is 11.6. The predicted molar refractivity (Wildman–Crippen MR) is 47.8 cm³/mol. The van der Waals surface area contributed by atoms with Crippen molar-refractivity contribution in [2.75, 3.05) is 5.73 Å². The molecule has 0 spiro atoms. The van der Waals surface area contributed by atoms with Crippen molar-refractivity contribution in [1.29, 1.82) is 0 Å². The van der Waals surface area contributed by atoms with Gasteiger partial charge in [-0.05, 0) is 12.1 Å². The fraction of sp³-hybridized carbons (Fsp3) is 0.125. The van der Waals surface area contributed by atoms with Gasteiger partial charge in [-0.3, -0.25) is 0 Å². The molecule has 0 aliphatic carbocycles. The molecule has 1 aromatic rings. The number of alkyl halides is 3. The molecule has 0 fully saturated rings. The van der Waals surface area contributed by atoms with Crippen molar-refractivity contribution >= 4 is 23.3 Å². The molecule has 0 atom stereocenters. The van der Waals surface area contributed by atoms with E-state index in [0.29, 0.717) is 6.07 Å². The van der Waals surface area contributed by atoms with Crippen molar-refractivity contribution < 1.29 is 23.1 Å². The fourth-order valence-corrected chi connectivity index (χ4v) is 1.22. The third-order valence-corrected chi connectivity index (χ3v) is 2.04. The lowest BCUT2D eigenvalue weighted by Crippen LogP contribution is -2.15. The van der Waals surface area contributed by atoms with Gasteiger partial charge in [-0.2, -0.15) is 13.2 Å². The van der Waals surface area contributed by atoms with Crippen molar-refractivity contribution in [3.8, 4) is 0 Å². The zero-order valence-electron chi connectivity index (χ0n) is 7.10. The van der Waals surface area contributed by atoms with E-state index in [1.165, 1.54) is 0 Å². The van der Waals surface area contributed by atoms with E-state index in [4.69, 9.17) is 22.4 Å². The van der Waals surface area contributed by atoms with Gasteiger partial charge in [-0.25, -0.2) is 4.79 Å². The summed E-state index contributed by atoms with van der Waals surface area (Å²) in [4.78, 5) is 10.6. The Labute approximate surface area is 87.3 Å². The Bertz CT molecular complexity index is 417. The molecule has 0 saturated carbocycles. The number of aromatic carboxylic acids is 1. The van der Waals surface area contributed by atoms with Gasteiger partial charge >= 0.3 is 12.1 Å². The standard InChI is InChI=1S/C8H5ClF3NO2/c9-4-2-1-3(8(10,11)12)5(6(4)13)7(14)15/h1-2H,13H2,(H,14,15). The van der Waals surface area contributed by atoms with Crippen LogP contribution in [0.15, 0.2) is 12.1 Å². The van der Waals surface area contributed by atoms with Gasteiger partial charge in [0.25, 0.3) is 0 Å². The maximum Gasteiger partial charge on any atom is 0.417 e. The summed E-state index contributed by atoms with van der Waals surface area (Å²) in [5.41, 5.74) is 2.26. The van der Waals surface area contributed by atoms with E-state index < -0.39 is 29.0 Å². The molecule has 3 nitrogen and oxygen atoms in total. The molecule has 0 heterocycles. The topological polar surface area (TPSA) is 63.3 Å². The quantitative estimate of drug-likeness (QED) is 0.741. The molecule has 0 aliphatic heterocycles. The van der Waals surface area contributed by atoms with Crippen LogP contribution in [-0.4, -0.2) is 11.1 Å². The van der Waals surface area contributed by atoms with Crippen molar-refractivity contribution in [3.63, 3.8) is 0 Å². The van der Waals surface area contributed by atoms with Crippen LogP contribution in [0.25, 0.3) is 0 Å². The molecule has 0 unspecified atom stereocenters. The predicted octanol–water partition coefficient (Wildman–Crippen LogP) is 2.64. The summed E-state index contributed by atoms with van der Waals surface area (Å²) in [5.74, 6) is -1.76. The maximum atomic E-state index is 12.4. The molecule has 15 heavy (non-hydrogen) atoms. The molecule has 0 aliphatic rings. The van der Waals surface area contributed by atoms with Gasteiger partial charge < -0.3 is 10.8 Å². The van der Waals surface area contributed by atoms with Crippen LogP contribution < -0.4 is 5.73 Å². The zero-order valence-corrected chi connectivity index (χ0v) is 7.86. The summed E-state index contributed by atoms with van der Waals surface area (Å²) >= 11 is 5.42. The van der Waals surface area contributed by atoms with Crippen LogP contribution in [-0.2, 0) is 6.18 Å². The van der Waals surface area contributed by atoms with Crippen LogP contribution in [0, 0.1) is 0 Å². The van der Waals surface area contributed by atoms with E-state index in [9.17, 15) is 18.0 Å². The van der Waals surface area contributed by atoms with E-state index in [1.807, 2.05) is 0 Å². The number of nitrogen functional groups attached to an aromatic ring is 1. The number of carbonyl (C=O) groups is 1. The minimum atomic E-state index is -4.77. The van der Waals surface area contributed by atoms with Crippen LogP contribution >= 0.6 is 11.6 Å². The molecule has 3 N–H and O–H groups in total. The fourth-order valence-electron chi connectivity index (χ4n) is 1.06. The van der Waals surface area contributed by atoms with Gasteiger partial charge in [0.2, 0.25) is 0 Å². The van der Waals surface area contributed by atoms with Crippen LogP contribution in [0.3, 0.4) is 0 Å². The molecule has 0 aromatic heterocycles. The summed E-state index contributed by atoms with van der Waals surface area (Å²) in [6.07, 6.45) is -4.77. The second-order valence-electron chi connectivity index (χ2n) is 2.69. The van der Waals surface area contributed by atoms with Crippen LogP contribution in [0.5, 0.6) is 0 Å². The number of carboxylic acid groups (broad SMARTS) is 1. The molecule has 0 radical (unpaired) electrons. The van der Waals surface area contributed by atoms with E-state index >= 15 is 0 Å². The maximum absolute atomic E-state index is 12.4. The molecule has 0 bridgehead atoms. The van der Waals surface area contributed by atoms with Gasteiger partial charge in [0.1, 0.15) is 0 Å². The first-order valence-electron chi connectivity index (χ1n) is 3.63. The smallest absolute Gasteiger partial charge is 0.417 e. The number of hydrogen-bond acceptors (Lipinski definition) is 2. The number of nitrogens with two attached hydrogens (primary N) is 1. The van der Waals surface area contributed by atoms with E-state index in [2.05, 4.69) is 0 Å². The summed E-state index contributed by atoms with van der Waals surface area (Å²) in [6, 6.07) is 1.49. The van der Waals surface area contributed by atoms with Crippen LogP contribution in [0.1, 0.15) is 15.9 Å². The first-order chi connectivity index (χ1) is 6.75. The molecule has 0 amide bonds. The first-order valence-corrected chi connectivity index (χ1v) is 4.01. The van der Waals surface area contributed by atoms with Gasteiger partial charge in [0.15, 0.2) is 0 Å². The summed E-state index contributed by atoms with van der Waals surface area (Å²) < 4.78 is 37.1. The number of hydrogen-bond donors (Lipinski definition) is 2. The lowest BCUT2D eigenvalue weighted by Gasteiger charge is -2.12. The lowest BCUT2D eigenvalue weighted by atomic mass is 10.1. The van der Waals surface area contributed by atoms with Crippen molar-refractivity contribution in [3.05, 3.63) is 28.3 Å². The van der Waals surface area contributed by atoms with Crippen molar-refractivity contribution in [1.82, 2.24) is 0 Å². The summed E-state index contributed by atoms with van der Waals surface area (Å²) in [7, 11) is 0. The second-order valence-corrected chi connectivity index (χ2v) is 3.09. The zero-order chi connectivity index (χ0) is 11.8. The third-order valence-electron chi connectivity index (χ3n) is 1.71. The highest BCUT2D eigenvalue weighted by Crippen LogP contribution is 2.36. The Balaban J connectivity index is 3.55. The van der Waals surface area contributed by atoms with Crippen molar-refractivity contribution in [2.45, 2.75) is 6.18 Å². The Kier molecular flexibility index (Phi) is 2.81. The number of carboxylic acids is 1. The van der Waals surface area contributed by atoms with Crippen LogP contribution in [0.2, 0.25) is 5.02 Å². The average molecular weight is 240 g/mol. The molecule has 0 saturated heterocycles. The Morgan fingerprint density at radius 3 is 2.33 bits per heavy atom. The normalized spacial score (nSPS) is 11.5. The molecule has 7 heteroatoms. The summed E-state index contributed by atoms with van der Waals surface area (Å²) in [6.45, 7) is 0. The highest BCUT2D eigenvalue weighted by molar-refractivity contribution is 6.33. The molecule has 82 valence electrons. The van der Waals surface area contributed by atoms with Gasteiger partial charge in [-0.15, -0.1) is 0 Å². The molecule has 1 aromatic carbocycles. The second kappa shape index (κ2) is 3.62. The van der Waals surface area contributed by atoms with E-state index in [0.717, 1.165) is 6.07 Å². The SMILES string of the molecule is Nc1c(Cl)ccc(C(F)(F)F)c1C(=O)O. The Morgan fingerprint density at radius 1 is 1.40 bits per heavy atom. The summed E-state index contributed by atoms with van der Waals surface area (Å²) in [5, 5.41) is 8.37. The lowest BCUT2D eigenvalue weighted by molar-refractivity contribution is -0.138. The van der Waals surface area contributed by atoms with Gasteiger partial charge in [0, 0.05) is 0 Å². The number of anilines is 1. The molecule has 1 rings (SSSR count). The van der Waals surface area contributed by atoms with E-state index in [-0.39, 0.29) is 5.02 Å². The van der Waals surface area contributed by atoms with Gasteiger partial charge in [0.05, 0.1) is 21.8 Å². The minimum absolute atomic E-state index is 0.222. The number of rotatable bonds is 1. The molecular formula is C8H5ClF3NO2. The Morgan fingerprint density at radius 2 is 1.93 bits per heavy atom. The number of halogens is 4.